The summed E-state index contributed by atoms with van der Waals surface area (Å²) in [4.78, 5) is 45.0. The Morgan fingerprint density at radius 2 is 1.85 bits per heavy atom. The molecule has 1 N–H and O–H groups in total. The molecule has 0 radical (unpaired) electrons. The number of carboxylic acids is 1. The van der Waals surface area contributed by atoms with Gasteiger partial charge in [0.15, 0.2) is 0 Å². The fourth-order valence-electron chi connectivity index (χ4n) is 1.34. The Hall–Kier alpha value is -2.48. The molecule has 9 heteroatoms. The van der Waals surface area contributed by atoms with Crippen LogP contribution in [-0.2, 0) is 14.3 Å². The van der Waals surface area contributed by atoms with E-state index in [4.69, 9.17) is 16.7 Å². The van der Waals surface area contributed by atoms with Crippen LogP contribution in [0.15, 0.2) is 29.6 Å². The van der Waals surface area contributed by atoms with Gasteiger partial charge in [0.1, 0.15) is 0 Å². The van der Waals surface area contributed by atoms with E-state index in [1.165, 1.54) is 24.3 Å². The number of ether oxygens (including phenoxy) is 1. The molecule has 0 heterocycles. The van der Waals surface area contributed by atoms with Crippen LogP contribution in [0.3, 0.4) is 0 Å². The molecule has 8 nitrogen and oxygen atoms in total. The number of carbonyl (C=O) groups excluding carboxylic acids is 2. The molecule has 1 aromatic carbocycles. The molecule has 0 saturated heterocycles. The van der Waals surface area contributed by atoms with Crippen molar-refractivity contribution in [2.45, 2.75) is 6.04 Å². The highest BCUT2D eigenvalue weighted by molar-refractivity contribution is 6.30. The lowest BCUT2D eigenvalue weighted by atomic mass is 10.2. The van der Waals surface area contributed by atoms with E-state index in [1.807, 2.05) is 0 Å². The van der Waals surface area contributed by atoms with Gasteiger partial charge in [-0.15, -0.1) is 4.91 Å². The SMILES string of the molecule is COC(=O)C(C(=O)O)N(N=O)C(=O)c1ccc(Cl)cc1. The maximum absolute atomic E-state index is 12.0. The highest BCUT2D eigenvalue weighted by Crippen LogP contribution is 2.14. The zero-order chi connectivity index (χ0) is 15.3. The van der Waals surface area contributed by atoms with Crippen molar-refractivity contribution in [1.82, 2.24) is 5.01 Å². The molecule has 1 unspecified atom stereocenters. The summed E-state index contributed by atoms with van der Waals surface area (Å²) in [6.45, 7) is 0. The van der Waals surface area contributed by atoms with Crippen LogP contribution in [0, 0.1) is 4.91 Å². The quantitative estimate of drug-likeness (QED) is 0.377. The molecule has 106 valence electrons. The number of nitrogens with zero attached hydrogens (tertiary/aromatic N) is 2. The number of aliphatic carboxylic acids is 1. The molecule has 1 atom stereocenters. The second-order valence-electron chi connectivity index (χ2n) is 3.50. The molecular formula is C11H9ClN2O6. The van der Waals surface area contributed by atoms with Gasteiger partial charge in [-0.25, -0.2) is 9.59 Å². The van der Waals surface area contributed by atoms with Crippen LogP contribution in [0.5, 0.6) is 0 Å². The van der Waals surface area contributed by atoms with Crippen LogP contribution < -0.4 is 0 Å². The standard InChI is InChI=1S/C11H9ClN2O6/c1-20-11(18)8(10(16)17)14(13-19)9(15)6-2-4-7(12)5-3-6/h2-5,8H,1H3,(H,16,17). The number of nitroso groups, excluding NO2 is 1. The Bertz CT molecular complexity index is 544. The first-order valence-corrected chi connectivity index (χ1v) is 5.53. The van der Waals surface area contributed by atoms with Crippen molar-refractivity contribution in [3.63, 3.8) is 0 Å². The van der Waals surface area contributed by atoms with Gasteiger partial charge in [0.05, 0.1) is 12.4 Å². The van der Waals surface area contributed by atoms with Crippen molar-refractivity contribution in [1.29, 1.82) is 0 Å². The van der Waals surface area contributed by atoms with E-state index in [0.29, 0.717) is 5.02 Å². The average Bonchev–Trinajstić information content (AvgIpc) is 2.43. The zero-order valence-electron chi connectivity index (χ0n) is 10.1. The van der Waals surface area contributed by atoms with Gasteiger partial charge in [-0.3, -0.25) is 4.79 Å². The minimum Gasteiger partial charge on any atom is -0.479 e. The molecule has 0 fully saturated rings. The first kappa shape index (κ1) is 15.6. The van der Waals surface area contributed by atoms with Crippen molar-refractivity contribution in [2.75, 3.05) is 7.11 Å². The number of carbonyl (C=O) groups is 3. The third kappa shape index (κ3) is 3.29. The number of hydrogen-bond donors (Lipinski definition) is 1. The number of methoxy groups -OCH3 is 1. The Kier molecular flexibility index (Phi) is 5.15. The van der Waals surface area contributed by atoms with Crippen molar-refractivity contribution >= 4 is 29.4 Å². The number of esters is 1. The summed E-state index contributed by atoms with van der Waals surface area (Å²) in [6, 6.07) is 3.11. The maximum Gasteiger partial charge on any atom is 0.342 e. The monoisotopic (exact) mass is 300 g/mol. The molecule has 0 aliphatic rings. The molecule has 0 saturated carbocycles. The lowest BCUT2D eigenvalue weighted by Crippen LogP contribution is -2.47. The third-order valence-electron chi connectivity index (χ3n) is 2.29. The van der Waals surface area contributed by atoms with E-state index >= 15 is 0 Å². The van der Waals surface area contributed by atoms with Gasteiger partial charge >= 0.3 is 11.9 Å². The third-order valence-corrected chi connectivity index (χ3v) is 2.54. The molecule has 0 aliphatic carbocycles. The van der Waals surface area contributed by atoms with E-state index < -0.39 is 23.9 Å². The Balaban J connectivity index is 3.13. The van der Waals surface area contributed by atoms with E-state index in [9.17, 15) is 19.3 Å². The minimum atomic E-state index is -2.15. The van der Waals surface area contributed by atoms with Crippen LogP contribution in [-0.4, -0.2) is 41.1 Å². The largest absolute Gasteiger partial charge is 0.479 e. The summed E-state index contributed by atoms with van der Waals surface area (Å²) < 4.78 is 4.23. The van der Waals surface area contributed by atoms with E-state index in [0.717, 1.165) is 7.11 Å². The number of rotatable bonds is 5. The van der Waals surface area contributed by atoms with Gasteiger partial charge in [-0.2, -0.15) is 5.01 Å². The second-order valence-corrected chi connectivity index (χ2v) is 3.94. The minimum absolute atomic E-state index is 0.00257. The average molecular weight is 301 g/mol. The summed E-state index contributed by atoms with van der Waals surface area (Å²) in [6.07, 6.45) is 0. The smallest absolute Gasteiger partial charge is 0.342 e. The topological polar surface area (TPSA) is 113 Å². The van der Waals surface area contributed by atoms with Gasteiger partial charge in [-0.05, 0) is 24.3 Å². The molecule has 20 heavy (non-hydrogen) atoms. The molecular weight excluding hydrogens is 292 g/mol. The van der Waals surface area contributed by atoms with Crippen molar-refractivity contribution < 1.29 is 24.2 Å². The van der Waals surface area contributed by atoms with Crippen LogP contribution in [0.1, 0.15) is 10.4 Å². The molecule has 1 rings (SSSR count). The number of halogens is 1. The normalized spacial score (nSPS) is 11.3. The summed E-state index contributed by atoms with van der Waals surface area (Å²) in [5.74, 6) is -4.09. The number of benzene rings is 1. The van der Waals surface area contributed by atoms with Gasteiger partial charge in [0.2, 0.25) is 0 Å². The predicted octanol–water partition coefficient (Wildman–Crippen LogP) is 1.09. The van der Waals surface area contributed by atoms with Gasteiger partial charge in [-0.1, -0.05) is 11.6 Å². The number of carboxylic acid groups (broad SMARTS) is 1. The highest BCUT2D eigenvalue weighted by atomic mass is 35.5. The first-order valence-electron chi connectivity index (χ1n) is 5.15. The van der Waals surface area contributed by atoms with Crippen molar-refractivity contribution in [3.05, 3.63) is 39.8 Å². The van der Waals surface area contributed by atoms with Crippen LogP contribution in [0.2, 0.25) is 5.02 Å². The van der Waals surface area contributed by atoms with E-state index in [-0.39, 0.29) is 10.6 Å². The molecule has 0 bridgehead atoms. The maximum atomic E-state index is 12.0. The van der Waals surface area contributed by atoms with Gasteiger partial charge in [0.25, 0.3) is 11.9 Å². The summed E-state index contributed by atoms with van der Waals surface area (Å²) in [7, 11) is 0.925. The predicted molar refractivity (Wildman–Crippen MR) is 66.9 cm³/mol. The van der Waals surface area contributed by atoms with E-state index in [2.05, 4.69) is 10.0 Å². The van der Waals surface area contributed by atoms with Gasteiger partial charge in [0, 0.05) is 10.6 Å². The number of hydrogen-bond acceptors (Lipinski definition) is 6. The fourth-order valence-corrected chi connectivity index (χ4v) is 1.47. The Labute approximate surface area is 117 Å². The molecule has 0 aliphatic heterocycles. The summed E-state index contributed by atoms with van der Waals surface area (Å²) in [5, 5.41) is 11.5. The molecule has 1 aromatic rings. The lowest BCUT2D eigenvalue weighted by molar-refractivity contribution is -0.157. The van der Waals surface area contributed by atoms with Crippen molar-refractivity contribution in [3.8, 4) is 0 Å². The second kappa shape index (κ2) is 6.62. The summed E-state index contributed by atoms with van der Waals surface area (Å²) >= 11 is 5.64. The number of amides is 1. The molecule has 0 spiro atoms. The highest BCUT2D eigenvalue weighted by Gasteiger charge is 2.39. The van der Waals surface area contributed by atoms with E-state index in [1.54, 1.807) is 0 Å². The first-order chi connectivity index (χ1) is 9.42. The van der Waals surface area contributed by atoms with Crippen LogP contribution >= 0.6 is 11.6 Å². The van der Waals surface area contributed by atoms with Crippen molar-refractivity contribution in [2.24, 2.45) is 5.29 Å². The summed E-state index contributed by atoms with van der Waals surface area (Å²) in [5.41, 5.74) is -0.0517. The molecule has 1 amide bonds. The lowest BCUT2D eigenvalue weighted by Gasteiger charge is -2.18. The fraction of sp³-hybridized carbons (Fsp3) is 0.182. The van der Waals surface area contributed by atoms with Crippen LogP contribution in [0.25, 0.3) is 0 Å². The Morgan fingerprint density at radius 1 is 1.30 bits per heavy atom. The van der Waals surface area contributed by atoms with Crippen LogP contribution in [0.4, 0.5) is 0 Å². The Morgan fingerprint density at radius 3 is 2.25 bits per heavy atom. The van der Waals surface area contributed by atoms with Gasteiger partial charge < -0.3 is 9.84 Å². The zero-order valence-corrected chi connectivity index (χ0v) is 10.9. The molecule has 0 aromatic heterocycles.